The molecule has 8 nitrogen and oxygen atoms in total. The average Bonchev–Trinajstić information content (AvgIpc) is 2.87. The summed E-state index contributed by atoms with van der Waals surface area (Å²) in [5.41, 5.74) is 5.25. The molecule has 0 bridgehead atoms. The number of hydrogen-bond donors (Lipinski definition) is 2. The molecule has 0 aliphatic rings. The minimum absolute atomic E-state index is 0.223. The molecule has 2 amide bonds. The van der Waals surface area contributed by atoms with Crippen molar-refractivity contribution in [1.82, 2.24) is 10.7 Å². The zero-order valence-corrected chi connectivity index (χ0v) is 19.4. The lowest BCUT2D eigenvalue weighted by atomic mass is 10.1. The second-order valence-corrected chi connectivity index (χ2v) is 7.42. The zero-order valence-electron chi connectivity index (χ0n) is 19.4. The number of carbonyl (C=O) groups excluding carboxylic acids is 3. The summed E-state index contributed by atoms with van der Waals surface area (Å²) in [4.78, 5) is 36.2. The van der Waals surface area contributed by atoms with E-state index in [1.165, 1.54) is 19.4 Å². The lowest BCUT2D eigenvalue weighted by Crippen LogP contribution is -2.34. The summed E-state index contributed by atoms with van der Waals surface area (Å²) in [6, 6.07) is 21.3. The first kappa shape index (κ1) is 24.9. The molecule has 178 valence electrons. The van der Waals surface area contributed by atoms with Gasteiger partial charge in [-0.05, 0) is 54.5 Å². The van der Waals surface area contributed by atoms with Gasteiger partial charge in [0.05, 0.1) is 19.9 Å². The van der Waals surface area contributed by atoms with E-state index in [2.05, 4.69) is 15.8 Å². The minimum atomic E-state index is -0.548. The average molecular weight is 472 g/mol. The summed E-state index contributed by atoms with van der Waals surface area (Å²) < 4.78 is 10.6. The first-order valence-corrected chi connectivity index (χ1v) is 10.7. The van der Waals surface area contributed by atoms with E-state index in [0.717, 1.165) is 11.1 Å². The summed E-state index contributed by atoms with van der Waals surface area (Å²) in [6.45, 7) is 1.66. The molecule has 0 aliphatic carbocycles. The first-order chi connectivity index (χ1) is 16.9. The van der Waals surface area contributed by atoms with Gasteiger partial charge in [-0.2, -0.15) is 5.10 Å². The summed E-state index contributed by atoms with van der Waals surface area (Å²) in [7, 11) is 1.45. The Morgan fingerprint density at radius 3 is 2.46 bits per heavy atom. The van der Waals surface area contributed by atoms with Gasteiger partial charge in [0.1, 0.15) is 0 Å². The quantitative estimate of drug-likeness (QED) is 0.163. The fraction of sp³-hybridized carbons (Fsp3) is 0.111. The highest BCUT2D eigenvalue weighted by Gasteiger charge is 2.10. The van der Waals surface area contributed by atoms with Gasteiger partial charge in [-0.15, -0.1) is 0 Å². The number of carbonyl (C=O) groups is 3. The van der Waals surface area contributed by atoms with E-state index < -0.39 is 11.9 Å². The Hall–Kier alpha value is -4.72. The van der Waals surface area contributed by atoms with Crippen LogP contribution in [0.3, 0.4) is 0 Å². The van der Waals surface area contributed by atoms with Crippen LogP contribution < -0.4 is 20.2 Å². The Balaban J connectivity index is 1.51. The van der Waals surface area contributed by atoms with Crippen molar-refractivity contribution in [2.45, 2.75) is 6.92 Å². The third-order valence-corrected chi connectivity index (χ3v) is 4.70. The number of rotatable bonds is 9. The standard InChI is InChI=1S/C27H25N3O5/c1-19-7-6-10-22(15-19)27(33)28-18-25(31)30-29-17-21-11-13-23(24(16-21)34-2)35-26(32)14-12-20-8-4-3-5-9-20/h3-17H,18H2,1-2H3,(H,28,33)(H,30,31). The Morgan fingerprint density at radius 1 is 0.914 bits per heavy atom. The van der Waals surface area contributed by atoms with Crippen molar-refractivity contribution in [3.8, 4) is 11.5 Å². The molecule has 0 radical (unpaired) electrons. The SMILES string of the molecule is COc1cc(C=NNC(=O)CNC(=O)c2cccc(C)c2)ccc1OC(=O)C=Cc1ccccc1. The van der Waals surface area contributed by atoms with E-state index in [0.29, 0.717) is 16.9 Å². The molecule has 8 heteroatoms. The maximum Gasteiger partial charge on any atom is 0.336 e. The maximum absolute atomic E-state index is 12.1. The lowest BCUT2D eigenvalue weighted by Gasteiger charge is -2.08. The summed E-state index contributed by atoms with van der Waals surface area (Å²) in [6.07, 6.45) is 4.39. The van der Waals surface area contributed by atoms with Gasteiger partial charge in [0.2, 0.25) is 0 Å². The third kappa shape index (κ3) is 7.97. The Morgan fingerprint density at radius 2 is 1.71 bits per heavy atom. The van der Waals surface area contributed by atoms with Crippen molar-refractivity contribution in [1.29, 1.82) is 0 Å². The van der Waals surface area contributed by atoms with Gasteiger partial charge in [0, 0.05) is 11.6 Å². The van der Waals surface area contributed by atoms with Crippen LogP contribution in [0.2, 0.25) is 0 Å². The largest absolute Gasteiger partial charge is 0.493 e. The van der Waals surface area contributed by atoms with Crippen molar-refractivity contribution >= 4 is 30.1 Å². The summed E-state index contributed by atoms with van der Waals surface area (Å²) in [5, 5.41) is 6.43. The number of benzene rings is 3. The molecular formula is C27H25N3O5. The Bertz CT molecular complexity index is 1250. The molecule has 0 fully saturated rings. The van der Waals surface area contributed by atoms with Gasteiger partial charge >= 0.3 is 5.97 Å². The number of hydrogen-bond acceptors (Lipinski definition) is 6. The van der Waals surface area contributed by atoms with Gasteiger partial charge in [0.15, 0.2) is 11.5 Å². The van der Waals surface area contributed by atoms with Crippen LogP contribution in [0.15, 0.2) is 84.0 Å². The van der Waals surface area contributed by atoms with E-state index in [1.807, 2.05) is 43.3 Å². The first-order valence-electron chi connectivity index (χ1n) is 10.7. The van der Waals surface area contributed by atoms with E-state index in [9.17, 15) is 14.4 Å². The zero-order chi connectivity index (χ0) is 25.0. The highest BCUT2D eigenvalue weighted by molar-refractivity contribution is 5.96. The van der Waals surface area contributed by atoms with E-state index >= 15 is 0 Å². The van der Waals surface area contributed by atoms with Crippen molar-refractivity contribution < 1.29 is 23.9 Å². The number of aryl methyl sites for hydroxylation is 1. The predicted octanol–water partition coefficient (Wildman–Crippen LogP) is 3.50. The van der Waals surface area contributed by atoms with Crippen molar-refractivity contribution in [3.05, 3.63) is 101 Å². The number of hydrazone groups is 1. The molecular weight excluding hydrogens is 446 g/mol. The number of esters is 1. The topological polar surface area (TPSA) is 106 Å². The molecule has 3 rings (SSSR count). The fourth-order valence-electron chi connectivity index (χ4n) is 2.99. The van der Waals surface area contributed by atoms with Crippen LogP contribution in [0.4, 0.5) is 0 Å². The van der Waals surface area contributed by atoms with Crippen molar-refractivity contribution in [2.24, 2.45) is 5.10 Å². The molecule has 0 atom stereocenters. The number of nitrogens with one attached hydrogen (secondary N) is 2. The molecule has 0 heterocycles. The smallest absolute Gasteiger partial charge is 0.336 e. The Kier molecular flexibility index (Phi) is 8.90. The second kappa shape index (κ2) is 12.5. The van der Waals surface area contributed by atoms with E-state index in [-0.39, 0.29) is 18.2 Å². The van der Waals surface area contributed by atoms with Gasteiger partial charge in [-0.25, -0.2) is 10.2 Å². The number of nitrogens with zero attached hydrogens (tertiary/aromatic N) is 1. The maximum atomic E-state index is 12.1. The van der Waals surface area contributed by atoms with Gasteiger partial charge in [0.25, 0.3) is 11.8 Å². The number of ether oxygens (including phenoxy) is 2. The molecule has 3 aromatic carbocycles. The molecule has 0 saturated carbocycles. The van der Waals surface area contributed by atoms with Crippen LogP contribution in [-0.4, -0.2) is 37.7 Å². The van der Waals surface area contributed by atoms with Crippen LogP contribution in [0.25, 0.3) is 6.08 Å². The van der Waals surface area contributed by atoms with Gasteiger partial charge in [-0.1, -0.05) is 48.0 Å². The normalized spacial score (nSPS) is 10.8. The van der Waals surface area contributed by atoms with Crippen LogP contribution in [-0.2, 0) is 9.59 Å². The van der Waals surface area contributed by atoms with Crippen LogP contribution >= 0.6 is 0 Å². The van der Waals surface area contributed by atoms with Crippen molar-refractivity contribution in [3.63, 3.8) is 0 Å². The Labute approximate surface area is 203 Å². The molecule has 2 N–H and O–H groups in total. The van der Waals surface area contributed by atoms with Crippen LogP contribution in [0.5, 0.6) is 11.5 Å². The van der Waals surface area contributed by atoms with Crippen LogP contribution in [0, 0.1) is 6.92 Å². The highest BCUT2D eigenvalue weighted by atomic mass is 16.6. The fourth-order valence-corrected chi connectivity index (χ4v) is 2.99. The molecule has 0 saturated heterocycles. The van der Waals surface area contributed by atoms with E-state index in [4.69, 9.17) is 9.47 Å². The second-order valence-electron chi connectivity index (χ2n) is 7.42. The molecule has 0 aliphatic heterocycles. The molecule has 3 aromatic rings. The predicted molar refractivity (Wildman–Crippen MR) is 133 cm³/mol. The number of amides is 2. The summed E-state index contributed by atoms with van der Waals surface area (Å²) >= 11 is 0. The molecule has 0 aromatic heterocycles. The molecule has 0 spiro atoms. The minimum Gasteiger partial charge on any atom is -0.493 e. The number of methoxy groups -OCH3 is 1. The monoisotopic (exact) mass is 471 g/mol. The highest BCUT2D eigenvalue weighted by Crippen LogP contribution is 2.27. The van der Waals surface area contributed by atoms with Crippen LogP contribution in [0.1, 0.15) is 27.0 Å². The van der Waals surface area contributed by atoms with E-state index in [1.54, 1.807) is 42.5 Å². The molecule has 35 heavy (non-hydrogen) atoms. The lowest BCUT2D eigenvalue weighted by molar-refractivity contribution is -0.129. The van der Waals surface area contributed by atoms with Gasteiger partial charge < -0.3 is 14.8 Å². The van der Waals surface area contributed by atoms with Gasteiger partial charge in [-0.3, -0.25) is 9.59 Å². The summed E-state index contributed by atoms with van der Waals surface area (Å²) in [5.74, 6) is -0.803. The van der Waals surface area contributed by atoms with Crippen molar-refractivity contribution in [2.75, 3.05) is 13.7 Å². The third-order valence-electron chi connectivity index (χ3n) is 4.70. The molecule has 0 unspecified atom stereocenters.